The molecule has 2 saturated heterocycles. The number of phenols is 1. The number of hydrogen-bond acceptors (Lipinski definition) is 11. The van der Waals surface area contributed by atoms with Gasteiger partial charge in [-0.3, -0.25) is 4.98 Å². The molecule has 2 aliphatic rings. The van der Waals surface area contributed by atoms with E-state index in [0.717, 1.165) is 36.3 Å². The highest BCUT2D eigenvalue weighted by atomic mass is 19.1. The Kier molecular flexibility index (Phi) is 9.99. The van der Waals surface area contributed by atoms with Crippen molar-refractivity contribution in [2.45, 2.75) is 78.3 Å². The van der Waals surface area contributed by atoms with Crippen LogP contribution in [0.1, 0.15) is 58.2 Å². The normalized spacial score (nSPS) is 17.8. The molecule has 2 bridgehead atoms. The lowest BCUT2D eigenvalue weighted by Crippen LogP contribution is -2.44. The van der Waals surface area contributed by atoms with E-state index in [1.807, 2.05) is 49.0 Å². The van der Waals surface area contributed by atoms with Crippen LogP contribution in [0.15, 0.2) is 60.9 Å². The summed E-state index contributed by atoms with van der Waals surface area (Å²) in [6, 6.07) is 15.4. The van der Waals surface area contributed by atoms with E-state index < -0.39 is 0 Å². The minimum atomic E-state index is -0.325. The second-order valence-electron chi connectivity index (χ2n) is 15.1. The lowest BCUT2D eigenvalue weighted by molar-refractivity contribution is 0.0682. The Labute approximate surface area is 319 Å². The number of aromatic hydroxyl groups is 1. The summed E-state index contributed by atoms with van der Waals surface area (Å²) in [5.74, 6) is 1.22. The Morgan fingerprint density at radius 1 is 1.04 bits per heavy atom. The number of pyridine rings is 1. The maximum atomic E-state index is 15.4. The van der Waals surface area contributed by atoms with Crippen LogP contribution in [-0.4, -0.2) is 80.0 Å². The molecule has 3 aromatic carbocycles. The zero-order valence-corrected chi connectivity index (χ0v) is 32.1. The molecular weight excluding hydrogens is 700 g/mol. The third-order valence-corrected chi connectivity index (χ3v) is 11.1. The molecule has 286 valence electrons. The molecule has 8 rings (SSSR count). The van der Waals surface area contributed by atoms with Crippen molar-refractivity contribution < 1.29 is 23.7 Å². The van der Waals surface area contributed by atoms with E-state index in [4.69, 9.17) is 29.2 Å². The number of fused-ring (bicyclic) bond motifs is 4. The van der Waals surface area contributed by atoms with Crippen molar-refractivity contribution in [2.24, 2.45) is 5.92 Å². The first kappa shape index (κ1) is 36.6. The minimum absolute atomic E-state index is 0.0286. The Morgan fingerprint density at radius 3 is 2.56 bits per heavy atom. The van der Waals surface area contributed by atoms with Crippen LogP contribution in [0.25, 0.3) is 44.2 Å². The number of rotatable bonds is 13. The van der Waals surface area contributed by atoms with Crippen molar-refractivity contribution in [3.05, 3.63) is 77.9 Å². The molecule has 55 heavy (non-hydrogen) atoms. The lowest BCUT2D eigenvalue weighted by Gasteiger charge is -2.29. The third-order valence-electron chi connectivity index (χ3n) is 11.1. The molecule has 5 heterocycles. The van der Waals surface area contributed by atoms with Crippen molar-refractivity contribution in [3.8, 4) is 40.0 Å². The number of phenolic OH excluding ortho intramolecular Hbond substituents is 1. The molecule has 2 aliphatic heterocycles. The van der Waals surface area contributed by atoms with Crippen LogP contribution in [0.4, 0.5) is 10.2 Å². The van der Waals surface area contributed by atoms with Crippen molar-refractivity contribution in [1.29, 1.82) is 0 Å². The highest BCUT2D eigenvalue weighted by Gasteiger charge is 2.39. The van der Waals surface area contributed by atoms with Crippen molar-refractivity contribution in [1.82, 2.24) is 35.3 Å². The third kappa shape index (κ3) is 7.02. The molecule has 4 atom stereocenters. The summed E-state index contributed by atoms with van der Waals surface area (Å²) in [5, 5.41) is 25.4. The average Bonchev–Trinajstić information content (AvgIpc) is 3.97. The summed E-state index contributed by atoms with van der Waals surface area (Å²) in [6.45, 7) is 12.4. The van der Waals surface area contributed by atoms with Gasteiger partial charge in [-0.15, -0.1) is 5.10 Å². The molecule has 2 fully saturated rings. The van der Waals surface area contributed by atoms with Crippen LogP contribution in [-0.2, 0) is 17.8 Å². The fourth-order valence-electron chi connectivity index (χ4n) is 7.59. The van der Waals surface area contributed by atoms with Gasteiger partial charge in [-0.2, -0.15) is 9.97 Å². The molecule has 3 unspecified atom stereocenters. The van der Waals surface area contributed by atoms with Gasteiger partial charge in [0.25, 0.3) is 0 Å². The Balaban J connectivity index is 1.26. The predicted molar refractivity (Wildman–Crippen MR) is 210 cm³/mol. The van der Waals surface area contributed by atoms with Gasteiger partial charge in [-0.05, 0) is 72.7 Å². The average molecular weight is 747 g/mol. The smallest absolute Gasteiger partial charge is 0.319 e. The summed E-state index contributed by atoms with van der Waals surface area (Å²) in [5.41, 5.74) is 4.63. The second-order valence-corrected chi connectivity index (χ2v) is 15.1. The number of aromatic nitrogens is 6. The Hall–Kier alpha value is -5.40. The number of anilines is 1. The molecule has 6 aromatic rings. The van der Waals surface area contributed by atoms with Gasteiger partial charge in [0.05, 0.1) is 23.7 Å². The number of methoxy groups -OCH3 is 1. The standard InChI is InChI=1S/C42H47FN8O4/c1-7-32-35(43)13-12-28-14-31(52)16-33(37(28)32)38-40(54-22-26-8-10-27(11-9-26)36-20-51(49-48-36)25(5)23(2)3)39-34(18-45-38)41(50-19-29-15-30(50)17-44-29)47-42(46-39)55-21-24(4)53-6/h8-14,16,18,20,23-25,29-30,44,52H,7,15,17,19,21-22H2,1-6H3/t24-,25?,29?,30?/m0/s1. The zero-order chi connectivity index (χ0) is 38.4. The topological polar surface area (TPSA) is 133 Å². The number of nitrogens with one attached hydrogen (secondary N) is 1. The van der Waals surface area contributed by atoms with E-state index in [1.165, 1.54) is 6.07 Å². The molecule has 3 aromatic heterocycles. The molecule has 12 nitrogen and oxygen atoms in total. The van der Waals surface area contributed by atoms with Crippen LogP contribution < -0.4 is 19.7 Å². The monoisotopic (exact) mass is 746 g/mol. The first-order valence-corrected chi connectivity index (χ1v) is 19.1. The molecule has 0 spiro atoms. The van der Waals surface area contributed by atoms with E-state index in [1.54, 1.807) is 31.5 Å². The zero-order valence-electron chi connectivity index (χ0n) is 32.1. The molecule has 0 amide bonds. The van der Waals surface area contributed by atoms with Gasteiger partial charge < -0.3 is 29.5 Å². The maximum absolute atomic E-state index is 15.4. The SMILES string of the molecule is CCc1c(F)ccc2cc(O)cc(-c3ncc4c(N5CC6CC5CN6)nc(OC[C@H](C)OC)nc4c3OCc3ccc(-c4cn(C(C)C(C)C)nn4)cc3)c12. The number of aryl methyl sites for hydroxylation is 1. The van der Waals surface area contributed by atoms with Gasteiger partial charge in [0.2, 0.25) is 0 Å². The van der Waals surface area contributed by atoms with Gasteiger partial charge in [0.15, 0.2) is 5.75 Å². The number of nitrogens with zero attached hydrogens (tertiary/aromatic N) is 7. The first-order chi connectivity index (χ1) is 26.6. The largest absolute Gasteiger partial charge is 0.508 e. The second kappa shape index (κ2) is 15.0. The van der Waals surface area contributed by atoms with Crippen LogP contribution in [0.2, 0.25) is 0 Å². The number of piperazine rings is 1. The highest BCUT2D eigenvalue weighted by molar-refractivity contribution is 6.04. The summed E-state index contributed by atoms with van der Waals surface area (Å²) < 4.78 is 35.8. The van der Waals surface area contributed by atoms with Crippen molar-refractivity contribution in [3.63, 3.8) is 0 Å². The molecule has 0 radical (unpaired) electrons. The van der Waals surface area contributed by atoms with E-state index >= 15 is 4.39 Å². The highest BCUT2D eigenvalue weighted by Crippen LogP contribution is 2.44. The number of hydrogen-bond donors (Lipinski definition) is 2. The van der Waals surface area contributed by atoms with E-state index in [-0.39, 0.29) is 49.0 Å². The Morgan fingerprint density at radius 2 is 1.85 bits per heavy atom. The van der Waals surface area contributed by atoms with Gasteiger partial charge in [-0.25, -0.2) is 9.07 Å². The maximum Gasteiger partial charge on any atom is 0.319 e. The first-order valence-electron chi connectivity index (χ1n) is 19.1. The van der Waals surface area contributed by atoms with Gasteiger partial charge >= 0.3 is 6.01 Å². The molecule has 2 N–H and O–H groups in total. The summed E-state index contributed by atoms with van der Waals surface area (Å²) in [6.07, 6.45) is 5.00. The van der Waals surface area contributed by atoms with Gasteiger partial charge in [0.1, 0.15) is 47.5 Å². The lowest BCUT2D eigenvalue weighted by atomic mass is 9.94. The van der Waals surface area contributed by atoms with E-state index in [2.05, 4.69) is 41.3 Å². The van der Waals surface area contributed by atoms with Gasteiger partial charge in [0, 0.05) is 49.6 Å². The van der Waals surface area contributed by atoms with Crippen molar-refractivity contribution >= 4 is 27.5 Å². The quantitative estimate of drug-likeness (QED) is 0.124. The van der Waals surface area contributed by atoms with Crippen LogP contribution in [0.5, 0.6) is 17.5 Å². The van der Waals surface area contributed by atoms with E-state index in [0.29, 0.717) is 68.4 Å². The summed E-state index contributed by atoms with van der Waals surface area (Å²) in [7, 11) is 1.63. The minimum Gasteiger partial charge on any atom is -0.508 e. The Bertz CT molecular complexity index is 2350. The van der Waals surface area contributed by atoms with E-state index in [9.17, 15) is 5.11 Å². The number of halogens is 1. The van der Waals surface area contributed by atoms with Crippen LogP contribution >= 0.6 is 0 Å². The van der Waals surface area contributed by atoms with Crippen LogP contribution in [0.3, 0.4) is 0 Å². The molecule has 0 aliphatic carbocycles. The van der Waals surface area contributed by atoms with Crippen molar-refractivity contribution in [2.75, 3.05) is 31.7 Å². The molecular formula is C42H47FN8O4. The molecule has 0 saturated carbocycles. The summed E-state index contributed by atoms with van der Waals surface area (Å²) >= 11 is 0. The molecule has 13 heteroatoms. The fourth-order valence-corrected chi connectivity index (χ4v) is 7.59. The summed E-state index contributed by atoms with van der Waals surface area (Å²) in [4.78, 5) is 17.2. The number of ether oxygens (including phenoxy) is 3. The fraction of sp³-hybridized carbons (Fsp3) is 0.405. The number of benzene rings is 3. The van der Waals surface area contributed by atoms with Gasteiger partial charge in [-0.1, -0.05) is 56.3 Å². The van der Waals surface area contributed by atoms with Crippen LogP contribution in [0, 0.1) is 11.7 Å². The predicted octanol–water partition coefficient (Wildman–Crippen LogP) is 7.27.